The van der Waals surface area contributed by atoms with Gasteiger partial charge in [-0.25, -0.2) is 19.0 Å². The number of amides is 2. The molecule has 1 atom stereocenters. The lowest BCUT2D eigenvalue weighted by molar-refractivity contribution is -0.122. The van der Waals surface area contributed by atoms with Gasteiger partial charge in [0.1, 0.15) is 5.82 Å². The zero-order valence-corrected chi connectivity index (χ0v) is 16.9. The third-order valence-electron chi connectivity index (χ3n) is 5.38. The molecule has 9 heteroatoms. The van der Waals surface area contributed by atoms with Crippen LogP contribution in [0.15, 0.2) is 36.7 Å². The van der Waals surface area contributed by atoms with E-state index < -0.39 is 5.92 Å². The predicted octanol–water partition coefficient (Wildman–Crippen LogP) is 2.72. The number of nitrogens with one attached hydrogen (secondary N) is 1. The van der Waals surface area contributed by atoms with Gasteiger partial charge in [0.05, 0.1) is 29.7 Å². The van der Waals surface area contributed by atoms with Crippen molar-refractivity contribution in [2.75, 3.05) is 16.8 Å². The number of aryl methyl sites for hydroxylation is 1. The number of carbonyl (C=O) groups is 2. The molecule has 0 saturated carbocycles. The van der Waals surface area contributed by atoms with Crippen molar-refractivity contribution in [3.63, 3.8) is 0 Å². The third-order valence-corrected chi connectivity index (χ3v) is 5.38. The highest BCUT2D eigenvalue weighted by Crippen LogP contribution is 2.26. The lowest BCUT2D eigenvalue weighted by atomic mass is 10.1. The number of benzene rings is 1. The van der Waals surface area contributed by atoms with Crippen LogP contribution in [0.4, 0.5) is 15.8 Å². The summed E-state index contributed by atoms with van der Waals surface area (Å²) in [6.45, 7) is 6.09. The zero-order chi connectivity index (χ0) is 21.4. The van der Waals surface area contributed by atoms with Crippen LogP contribution in [0.3, 0.4) is 0 Å². The molecule has 0 radical (unpaired) electrons. The number of anilines is 2. The van der Waals surface area contributed by atoms with Crippen LogP contribution in [-0.2, 0) is 9.59 Å². The molecule has 1 fully saturated rings. The summed E-state index contributed by atoms with van der Waals surface area (Å²) in [5.41, 5.74) is 3.95. The summed E-state index contributed by atoms with van der Waals surface area (Å²) in [6, 6.07) is 5.64. The minimum Gasteiger partial charge on any atom is -0.323 e. The van der Waals surface area contributed by atoms with E-state index in [1.165, 1.54) is 41.6 Å². The van der Waals surface area contributed by atoms with Gasteiger partial charge in [-0.1, -0.05) is 0 Å². The number of carbonyl (C=O) groups excluding carboxylic acids is 2. The Kier molecular flexibility index (Phi) is 5.03. The minimum absolute atomic E-state index is 0.0905. The molecule has 2 amide bonds. The van der Waals surface area contributed by atoms with Gasteiger partial charge in [0.25, 0.3) is 5.95 Å². The molecule has 8 nitrogen and oxygen atoms in total. The first-order valence-corrected chi connectivity index (χ1v) is 9.55. The second kappa shape index (κ2) is 7.66. The summed E-state index contributed by atoms with van der Waals surface area (Å²) >= 11 is 0. The molecule has 30 heavy (non-hydrogen) atoms. The summed E-state index contributed by atoms with van der Waals surface area (Å²) in [5, 5.41) is 7.19. The largest absolute Gasteiger partial charge is 0.323 e. The average molecular weight is 408 g/mol. The maximum Gasteiger partial charge on any atom is 0.250 e. The van der Waals surface area contributed by atoms with Crippen molar-refractivity contribution in [2.24, 2.45) is 5.92 Å². The van der Waals surface area contributed by atoms with Gasteiger partial charge in [-0.05, 0) is 50.6 Å². The quantitative estimate of drug-likeness (QED) is 0.717. The molecule has 3 heterocycles. The van der Waals surface area contributed by atoms with E-state index in [1.807, 2.05) is 20.8 Å². The molecule has 0 spiro atoms. The Morgan fingerprint density at radius 1 is 1.13 bits per heavy atom. The van der Waals surface area contributed by atoms with Crippen molar-refractivity contribution in [1.29, 1.82) is 0 Å². The number of aromatic nitrogens is 4. The SMILES string of the molecule is Cc1nn(-c2ncc(NC(=O)C3CC(=O)N(c4ccc(F)cc4)C3)cn2)c(C)c1C. The summed E-state index contributed by atoms with van der Waals surface area (Å²) < 4.78 is 14.8. The van der Waals surface area contributed by atoms with Crippen molar-refractivity contribution in [2.45, 2.75) is 27.2 Å². The van der Waals surface area contributed by atoms with Crippen molar-refractivity contribution in [1.82, 2.24) is 19.7 Å². The van der Waals surface area contributed by atoms with E-state index in [-0.39, 0.29) is 30.6 Å². The van der Waals surface area contributed by atoms with Gasteiger partial charge in [0, 0.05) is 24.3 Å². The molecule has 0 bridgehead atoms. The van der Waals surface area contributed by atoms with Gasteiger partial charge < -0.3 is 10.2 Å². The van der Waals surface area contributed by atoms with Crippen molar-refractivity contribution in [3.05, 3.63) is 59.4 Å². The van der Waals surface area contributed by atoms with Crippen LogP contribution in [-0.4, -0.2) is 38.1 Å². The molecule has 3 aromatic rings. The fraction of sp³-hybridized carbons (Fsp3) is 0.286. The fourth-order valence-corrected chi connectivity index (χ4v) is 3.41. The van der Waals surface area contributed by atoms with Crippen LogP contribution in [0.5, 0.6) is 0 Å². The summed E-state index contributed by atoms with van der Waals surface area (Å²) in [6.07, 6.45) is 3.12. The molecular formula is C21H21FN6O2. The first-order valence-electron chi connectivity index (χ1n) is 9.55. The molecular weight excluding hydrogens is 387 g/mol. The first-order chi connectivity index (χ1) is 14.3. The third kappa shape index (κ3) is 3.66. The normalized spacial score (nSPS) is 16.2. The van der Waals surface area contributed by atoms with Gasteiger partial charge in [-0.15, -0.1) is 0 Å². The highest BCUT2D eigenvalue weighted by atomic mass is 19.1. The van der Waals surface area contributed by atoms with Crippen molar-refractivity contribution >= 4 is 23.2 Å². The van der Waals surface area contributed by atoms with Gasteiger partial charge in [-0.3, -0.25) is 9.59 Å². The van der Waals surface area contributed by atoms with Crippen LogP contribution >= 0.6 is 0 Å². The Hall–Kier alpha value is -3.62. The number of nitrogens with zero attached hydrogens (tertiary/aromatic N) is 5. The maximum atomic E-state index is 13.1. The first kappa shape index (κ1) is 19.7. The fourth-order valence-electron chi connectivity index (χ4n) is 3.41. The van der Waals surface area contributed by atoms with E-state index in [1.54, 1.807) is 4.68 Å². The molecule has 1 saturated heterocycles. The second-order valence-electron chi connectivity index (χ2n) is 7.35. The number of halogens is 1. The maximum absolute atomic E-state index is 13.1. The van der Waals surface area contributed by atoms with Crippen LogP contribution in [0.1, 0.15) is 23.4 Å². The van der Waals surface area contributed by atoms with E-state index in [2.05, 4.69) is 20.4 Å². The molecule has 1 unspecified atom stereocenters. The van der Waals surface area contributed by atoms with E-state index in [9.17, 15) is 14.0 Å². The molecule has 1 N–H and O–H groups in total. The lowest BCUT2D eigenvalue weighted by Gasteiger charge is -2.16. The Labute approximate surface area is 172 Å². The summed E-state index contributed by atoms with van der Waals surface area (Å²) in [5.74, 6) is -0.931. The molecule has 1 aliphatic rings. The number of hydrogen-bond donors (Lipinski definition) is 1. The van der Waals surface area contributed by atoms with Crippen LogP contribution < -0.4 is 10.2 Å². The topological polar surface area (TPSA) is 93.0 Å². The molecule has 0 aliphatic carbocycles. The number of rotatable bonds is 4. The Morgan fingerprint density at radius 2 is 1.80 bits per heavy atom. The molecule has 2 aromatic heterocycles. The van der Waals surface area contributed by atoms with E-state index in [0.29, 0.717) is 17.3 Å². The van der Waals surface area contributed by atoms with E-state index in [0.717, 1.165) is 17.0 Å². The minimum atomic E-state index is -0.513. The monoisotopic (exact) mass is 408 g/mol. The van der Waals surface area contributed by atoms with Crippen LogP contribution in [0.2, 0.25) is 0 Å². The van der Waals surface area contributed by atoms with E-state index >= 15 is 0 Å². The molecule has 4 rings (SSSR count). The Balaban J connectivity index is 1.43. The van der Waals surface area contributed by atoms with Crippen molar-refractivity contribution in [3.8, 4) is 5.95 Å². The van der Waals surface area contributed by atoms with Crippen LogP contribution in [0, 0.1) is 32.5 Å². The van der Waals surface area contributed by atoms with Crippen molar-refractivity contribution < 1.29 is 14.0 Å². The smallest absolute Gasteiger partial charge is 0.250 e. The summed E-state index contributed by atoms with van der Waals surface area (Å²) in [4.78, 5) is 35.0. The highest BCUT2D eigenvalue weighted by molar-refractivity contribution is 6.03. The second-order valence-corrected chi connectivity index (χ2v) is 7.35. The lowest BCUT2D eigenvalue weighted by Crippen LogP contribution is -2.28. The zero-order valence-electron chi connectivity index (χ0n) is 16.9. The van der Waals surface area contributed by atoms with Crippen LogP contribution in [0.25, 0.3) is 5.95 Å². The predicted molar refractivity (Wildman–Crippen MR) is 109 cm³/mol. The van der Waals surface area contributed by atoms with Gasteiger partial charge in [-0.2, -0.15) is 5.10 Å². The molecule has 1 aromatic carbocycles. The van der Waals surface area contributed by atoms with Gasteiger partial charge in [0.15, 0.2) is 0 Å². The average Bonchev–Trinajstić information content (AvgIpc) is 3.24. The number of hydrogen-bond acceptors (Lipinski definition) is 5. The highest BCUT2D eigenvalue weighted by Gasteiger charge is 2.35. The Morgan fingerprint density at radius 3 is 2.40 bits per heavy atom. The Bertz CT molecular complexity index is 1110. The molecule has 154 valence electrons. The summed E-state index contributed by atoms with van der Waals surface area (Å²) in [7, 11) is 0. The van der Waals surface area contributed by atoms with Gasteiger partial charge in [0.2, 0.25) is 11.8 Å². The van der Waals surface area contributed by atoms with E-state index in [4.69, 9.17) is 0 Å². The van der Waals surface area contributed by atoms with Gasteiger partial charge >= 0.3 is 0 Å². The standard InChI is InChI=1S/C21H21FN6O2/c1-12-13(2)26-28(14(12)3)21-23-9-17(10-24-21)25-20(30)15-8-19(29)27(11-15)18-6-4-16(22)5-7-18/h4-7,9-10,15H,8,11H2,1-3H3,(H,25,30). The molecule has 1 aliphatic heterocycles.